The molecular formula is C20H13Cl. The van der Waals surface area contributed by atoms with Gasteiger partial charge in [-0.3, -0.25) is 0 Å². The van der Waals surface area contributed by atoms with Crippen LogP contribution in [0.15, 0.2) is 78.9 Å². The van der Waals surface area contributed by atoms with Gasteiger partial charge in [-0.15, -0.1) is 0 Å². The number of fused-ring (bicyclic) bond motifs is 3. The van der Waals surface area contributed by atoms with Crippen LogP contribution in [0.2, 0.25) is 5.02 Å². The first kappa shape index (κ1) is 12.4. The number of hydrogen-bond acceptors (Lipinski definition) is 0. The van der Waals surface area contributed by atoms with E-state index in [0.29, 0.717) is 0 Å². The lowest BCUT2D eigenvalue weighted by Gasteiger charge is -2.10. The highest BCUT2D eigenvalue weighted by molar-refractivity contribution is 6.30. The standard InChI is InChI=1S/C20H13Cl/c21-17-12-10-15(11-13-17)19-7-3-5-16-9-8-14-4-1-2-6-18(14)20(16)19/h1-13H. The molecule has 0 fully saturated rings. The third kappa shape index (κ3) is 2.09. The minimum Gasteiger partial charge on any atom is -0.0843 e. The maximum absolute atomic E-state index is 6.01. The second-order valence-electron chi connectivity index (χ2n) is 5.20. The Kier molecular flexibility index (Phi) is 2.90. The smallest absolute Gasteiger partial charge is 0.0406 e. The zero-order chi connectivity index (χ0) is 14.2. The second-order valence-corrected chi connectivity index (χ2v) is 5.63. The maximum Gasteiger partial charge on any atom is 0.0406 e. The van der Waals surface area contributed by atoms with Gasteiger partial charge >= 0.3 is 0 Å². The molecule has 0 spiro atoms. The summed E-state index contributed by atoms with van der Waals surface area (Å²) in [6.45, 7) is 0. The molecule has 4 rings (SSSR count). The lowest BCUT2D eigenvalue weighted by atomic mass is 9.94. The SMILES string of the molecule is Clc1ccc(-c2cccc3ccc4ccccc4c23)cc1. The first-order valence-corrected chi connectivity index (χ1v) is 7.37. The molecule has 0 aliphatic rings. The van der Waals surface area contributed by atoms with E-state index in [0.717, 1.165) is 5.02 Å². The molecule has 0 saturated heterocycles. The molecule has 0 aliphatic heterocycles. The van der Waals surface area contributed by atoms with Crippen LogP contribution in [-0.2, 0) is 0 Å². The largest absolute Gasteiger partial charge is 0.0843 e. The molecular weight excluding hydrogens is 276 g/mol. The van der Waals surface area contributed by atoms with E-state index in [1.165, 1.54) is 32.7 Å². The Morgan fingerprint density at radius 1 is 0.571 bits per heavy atom. The quantitative estimate of drug-likeness (QED) is 0.360. The molecule has 1 heteroatoms. The van der Waals surface area contributed by atoms with E-state index in [2.05, 4.69) is 66.7 Å². The maximum atomic E-state index is 6.01. The second kappa shape index (κ2) is 4.91. The lowest BCUT2D eigenvalue weighted by molar-refractivity contribution is 1.66. The van der Waals surface area contributed by atoms with Crippen molar-refractivity contribution in [1.82, 2.24) is 0 Å². The van der Waals surface area contributed by atoms with Gasteiger partial charge < -0.3 is 0 Å². The van der Waals surface area contributed by atoms with Crippen LogP contribution >= 0.6 is 11.6 Å². The predicted octanol–water partition coefficient (Wildman–Crippen LogP) is 6.31. The Labute approximate surface area is 128 Å². The van der Waals surface area contributed by atoms with Crippen molar-refractivity contribution in [3.05, 3.63) is 83.9 Å². The Hall–Kier alpha value is -2.31. The monoisotopic (exact) mass is 288 g/mol. The van der Waals surface area contributed by atoms with Crippen LogP contribution in [0, 0.1) is 0 Å². The molecule has 0 N–H and O–H groups in total. The van der Waals surface area contributed by atoms with E-state index in [-0.39, 0.29) is 0 Å². The summed E-state index contributed by atoms with van der Waals surface area (Å²) in [5, 5.41) is 5.90. The van der Waals surface area contributed by atoms with Crippen molar-refractivity contribution < 1.29 is 0 Å². The Bertz CT molecular complexity index is 937. The van der Waals surface area contributed by atoms with Crippen LogP contribution in [0.3, 0.4) is 0 Å². The third-order valence-electron chi connectivity index (χ3n) is 3.92. The molecule has 4 aromatic rings. The molecule has 0 bridgehead atoms. The van der Waals surface area contributed by atoms with E-state index in [9.17, 15) is 0 Å². The van der Waals surface area contributed by atoms with Crippen LogP contribution in [0.4, 0.5) is 0 Å². The topological polar surface area (TPSA) is 0 Å². The predicted molar refractivity (Wildman–Crippen MR) is 91.9 cm³/mol. The van der Waals surface area contributed by atoms with Crippen LogP contribution < -0.4 is 0 Å². The summed E-state index contributed by atoms with van der Waals surface area (Å²) < 4.78 is 0. The van der Waals surface area contributed by atoms with Gasteiger partial charge in [0.2, 0.25) is 0 Å². The molecule has 0 radical (unpaired) electrons. The molecule has 0 aromatic heterocycles. The summed E-state index contributed by atoms with van der Waals surface area (Å²) in [4.78, 5) is 0. The van der Waals surface area contributed by atoms with Crippen molar-refractivity contribution in [1.29, 1.82) is 0 Å². The molecule has 0 unspecified atom stereocenters. The van der Waals surface area contributed by atoms with Gasteiger partial charge in [0.05, 0.1) is 0 Å². The van der Waals surface area contributed by atoms with Crippen molar-refractivity contribution in [2.24, 2.45) is 0 Å². The van der Waals surface area contributed by atoms with E-state index >= 15 is 0 Å². The van der Waals surface area contributed by atoms with Crippen LogP contribution in [-0.4, -0.2) is 0 Å². The summed E-state index contributed by atoms with van der Waals surface area (Å²) in [5.74, 6) is 0. The number of rotatable bonds is 1. The summed E-state index contributed by atoms with van der Waals surface area (Å²) in [5.41, 5.74) is 2.45. The van der Waals surface area contributed by atoms with Crippen LogP contribution in [0.1, 0.15) is 0 Å². The molecule has 0 nitrogen and oxygen atoms in total. The van der Waals surface area contributed by atoms with Gasteiger partial charge in [0.1, 0.15) is 0 Å². The van der Waals surface area contributed by atoms with Crippen molar-refractivity contribution >= 4 is 33.1 Å². The van der Waals surface area contributed by atoms with E-state index in [1.807, 2.05) is 12.1 Å². The summed E-state index contributed by atoms with van der Waals surface area (Å²) in [6, 6.07) is 27.4. The zero-order valence-electron chi connectivity index (χ0n) is 11.4. The Balaban J connectivity index is 2.13. The minimum atomic E-state index is 0.767. The zero-order valence-corrected chi connectivity index (χ0v) is 12.1. The van der Waals surface area contributed by atoms with Gasteiger partial charge in [0.15, 0.2) is 0 Å². The van der Waals surface area contributed by atoms with Gasteiger partial charge in [-0.05, 0) is 44.8 Å². The first-order chi connectivity index (χ1) is 10.3. The molecule has 0 heterocycles. The van der Waals surface area contributed by atoms with Gasteiger partial charge in [-0.1, -0.05) is 78.3 Å². The normalized spacial score (nSPS) is 11.1. The number of benzene rings is 4. The van der Waals surface area contributed by atoms with Crippen molar-refractivity contribution in [2.75, 3.05) is 0 Å². The summed E-state index contributed by atoms with van der Waals surface area (Å²) in [7, 11) is 0. The molecule has 100 valence electrons. The molecule has 21 heavy (non-hydrogen) atoms. The lowest BCUT2D eigenvalue weighted by Crippen LogP contribution is -1.83. The summed E-state index contributed by atoms with van der Waals surface area (Å²) >= 11 is 6.01. The molecule has 0 aliphatic carbocycles. The minimum absolute atomic E-state index is 0.767. The molecule has 0 atom stereocenters. The van der Waals surface area contributed by atoms with E-state index < -0.39 is 0 Å². The van der Waals surface area contributed by atoms with Gasteiger partial charge in [-0.2, -0.15) is 0 Å². The highest BCUT2D eigenvalue weighted by Crippen LogP contribution is 2.34. The average molecular weight is 289 g/mol. The molecule has 4 aromatic carbocycles. The average Bonchev–Trinajstić information content (AvgIpc) is 2.55. The highest BCUT2D eigenvalue weighted by Gasteiger charge is 2.07. The Morgan fingerprint density at radius 3 is 2.14 bits per heavy atom. The fraction of sp³-hybridized carbons (Fsp3) is 0. The third-order valence-corrected chi connectivity index (χ3v) is 4.18. The molecule has 0 saturated carbocycles. The number of hydrogen-bond donors (Lipinski definition) is 0. The van der Waals surface area contributed by atoms with Gasteiger partial charge in [0.25, 0.3) is 0 Å². The van der Waals surface area contributed by atoms with Crippen LogP contribution in [0.5, 0.6) is 0 Å². The number of halogens is 1. The summed E-state index contributed by atoms with van der Waals surface area (Å²) in [6.07, 6.45) is 0. The first-order valence-electron chi connectivity index (χ1n) is 6.99. The van der Waals surface area contributed by atoms with E-state index in [4.69, 9.17) is 11.6 Å². The van der Waals surface area contributed by atoms with Crippen molar-refractivity contribution in [2.45, 2.75) is 0 Å². The highest BCUT2D eigenvalue weighted by atomic mass is 35.5. The van der Waals surface area contributed by atoms with E-state index in [1.54, 1.807) is 0 Å². The molecule has 0 amide bonds. The van der Waals surface area contributed by atoms with Crippen molar-refractivity contribution in [3.8, 4) is 11.1 Å². The Morgan fingerprint density at radius 2 is 1.29 bits per heavy atom. The van der Waals surface area contributed by atoms with Crippen molar-refractivity contribution in [3.63, 3.8) is 0 Å². The fourth-order valence-corrected chi connectivity index (χ4v) is 3.06. The van der Waals surface area contributed by atoms with Gasteiger partial charge in [-0.25, -0.2) is 0 Å². The fourth-order valence-electron chi connectivity index (χ4n) is 2.93. The van der Waals surface area contributed by atoms with Crippen LogP contribution in [0.25, 0.3) is 32.7 Å². The van der Waals surface area contributed by atoms with Gasteiger partial charge in [0, 0.05) is 5.02 Å².